The molecular weight excluding hydrogens is 364 g/mol. The number of nitrogens with zero attached hydrogens (tertiary/aromatic N) is 2. The zero-order chi connectivity index (χ0) is 21.7. The summed E-state index contributed by atoms with van der Waals surface area (Å²) in [4.78, 5) is 0. The molecule has 1 aromatic heterocycles. The zero-order valence-corrected chi connectivity index (χ0v) is 21.1. The second-order valence-corrected chi connectivity index (χ2v) is 9.45. The van der Waals surface area contributed by atoms with Crippen molar-refractivity contribution in [1.82, 2.24) is 4.57 Å². The van der Waals surface area contributed by atoms with Crippen molar-refractivity contribution in [2.45, 2.75) is 162 Å². The number of imidazole rings is 1. The molecule has 30 heavy (non-hydrogen) atoms. The van der Waals surface area contributed by atoms with Gasteiger partial charge in [-0.05, 0) is 26.2 Å². The lowest BCUT2D eigenvalue weighted by Crippen LogP contribution is -2.37. The Morgan fingerprint density at radius 1 is 0.567 bits per heavy atom. The SMILES string of the molecule is CCCCCCCCCCCCC[n+]1ccn(CC)c1CCCCCCCCCC. The number of hydrogen-bond donors (Lipinski definition) is 0. The average molecular weight is 420 g/mol. The molecule has 0 fully saturated rings. The molecule has 0 saturated carbocycles. The number of hydrogen-bond acceptors (Lipinski definition) is 0. The van der Waals surface area contributed by atoms with Gasteiger partial charge in [0.2, 0.25) is 0 Å². The van der Waals surface area contributed by atoms with E-state index in [0.717, 1.165) is 6.54 Å². The molecule has 0 amide bonds. The normalized spacial score (nSPS) is 11.4. The Bertz CT molecular complexity index is 477. The smallest absolute Gasteiger partial charge is 0.235 e. The van der Waals surface area contributed by atoms with Gasteiger partial charge in [0.05, 0.1) is 13.1 Å². The number of rotatable bonds is 22. The minimum Gasteiger partial charge on any atom is -0.235 e. The maximum absolute atomic E-state index is 2.55. The summed E-state index contributed by atoms with van der Waals surface area (Å²) in [5, 5.41) is 0. The summed E-state index contributed by atoms with van der Waals surface area (Å²) in [7, 11) is 0. The van der Waals surface area contributed by atoms with Crippen molar-refractivity contribution in [3.05, 3.63) is 18.2 Å². The van der Waals surface area contributed by atoms with Crippen molar-refractivity contribution < 1.29 is 4.57 Å². The maximum atomic E-state index is 2.55. The molecule has 0 saturated heterocycles. The van der Waals surface area contributed by atoms with E-state index in [9.17, 15) is 0 Å². The van der Waals surface area contributed by atoms with Gasteiger partial charge in [-0.15, -0.1) is 0 Å². The van der Waals surface area contributed by atoms with Crippen LogP contribution < -0.4 is 4.57 Å². The summed E-state index contributed by atoms with van der Waals surface area (Å²) in [5.41, 5.74) is 0. The maximum Gasteiger partial charge on any atom is 0.256 e. The van der Waals surface area contributed by atoms with Gasteiger partial charge in [0.15, 0.2) is 0 Å². The molecule has 2 nitrogen and oxygen atoms in total. The number of aryl methyl sites for hydroxylation is 2. The van der Waals surface area contributed by atoms with E-state index in [0.29, 0.717) is 0 Å². The second kappa shape index (κ2) is 20.1. The van der Waals surface area contributed by atoms with E-state index in [1.807, 2.05) is 0 Å². The Morgan fingerprint density at radius 2 is 1.00 bits per heavy atom. The summed E-state index contributed by atoms with van der Waals surface area (Å²) in [6.45, 7) is 9.21. The Kier molecular flexibility index (Phi) is 18.3. The van der Waals surface area contributed by atoms with Crippen molar-refractivity contribution in [2.75, 3.05) is 0 Å². The summed E-state index contributed by atoms with van der Waals surface area (Å²) in [5.74, 6) is 1.57. The highest BCUT2D eigenvalue weighted by Gasteiger charge is 2.15. The van der Waals surface area contributed by atoms with Crippen LogP contribution in [0.5, 0.6) is 0 Å². The van der Waals surface area contributed by atoms with E-state index in [1.54, 1.807) is 5.82 Å². The molecule has 0 spiro atoms. The molecule has 0 aliphatic carbocycles. The van der Waals surface area contributed by atoms with Crippen molar-refractivity contribution in [3.63, 3.8) is 0 Å². The third kappa shape index (κ3) is 13.5. The average Bonchev–Trinajstić information content (AvgIpc) is 3.15. The van der Waals surface area contributed by atoms with E-state index in [4.69, 9.17) is 0 Å². The summed E-state index contributed by atoms with van der Waals surface area (Å²) in [6.07, 6.45) is 32.9. The Morgan fingerprint density at radius 3 is 1.47 bits per heavy atom. The minimum atomic E-state index is 1.11. The fourth-order valence-corrected chi connectivity index (χ4v) is 4.64. The van der Waals surface area contributed by atoms with Gasteiger partial charge >= 0.3 is 0 Å². The van der Waals surface area contributed by atoms with Crippen LogP contribution in [0.2, 0.25) is 0 Å². The van der Waals surface area contributed by atoms with E-state index in [2.05, 4.69) is 42.3 Å². The van der Waals surface area contributed by atoms with Gasteiger partial charge in [0, 0.05) is 6.42 Å². The van der Waals surface area contributed by atoms with E-state index >= 15 is 0 Å². The monoisotopic (exact) mass is 419 g/mol. The molecule has 2 heteroatoms. The molecule has 0 unspecified atom stereocenters. The predicted molar refractivity (Wildman–Crippen MR) is 133 cm³/mol. The summed E-state index contributed by atoms with van der Waals surface area (Å²) in [6, 6.07) is 0. The van der Waals surface area contributed by atoms with Gasteiger partial charge in [-0.2, -0.15) is 0 Å². The van der Waals surface area contributed by atoms with Crippen LogP contribution in [-0.4, -0.2) is 4.57 Å². The fourth-order valence-electron chi connectivity index (χ4n) is 4.64. The van der Waals surface area contributed by atoms with Crippen LogP contribution in [0.4, 0.5) is 0 Å². The molecule has 1 heterocycles. The lowest BCUT2D eigenvalue weighted by Gasteiger charge is -2.06. The quantitative estimate of drug-likeness (QED) is 0.131. The Balaban J connectivity index is 2.11. The van der Waals surface area contributed by atoms with Crippen LogP contribution in [0.1, 0.15) is 149 Å². The van der Waals surface area contributed by atoms with Crippen LogP contribution in [0.25, 0.3) is 0 Å². The highest BCUT2D eigenvalue weighted by molar-refractivity contribution is 4.83. The largest absolute Gasteiger partial charge is 0.256 e. The van der Waals surface area contributed by atoms with Crippen LogP contribution in [0.15, 0.2) is 12.4 Å². The van der Waals surface area contributed by atoms with Gasteiger partial charge in [-0.1, -0.05) is 117 Å². The second-order valence-electron chi connectivity index (χ2n) is 9.45. The first-order valence-corrected chi connectivity index (χ1v) is 13.9. The topological polar surface area (TPSA) is 8.81 Å². The highest BCUT2D eigenvalue weighted by Crippen LogP contribution is 2.13. The van der Waals surface area contributed by atoms with E-state index in [-0.39, 0.29) is 0 Å². The molecule has 0 N–H and O–H groups in total. The third-order valence-electron chi connectivity index (χ3n) is 6.69. The van der Waals surface area contributed by atoms with E-state index in [1.165, 1.54) is 135 Å². The van der Waals surface area contributed by atoms with Gasteiger partial charge in [-0.3, -0.25) is 0 Å². The molecule has 0 aromatic carbocycles. The molecular formula is C28H55N2+. The first-order chi connectivity index (χ1) is 14.8. The number of aromatic nitrogens is 2. The molecule has 1 aromatic rings. The summed E-state index contributed by atoms with van der Waals surface area (Å²) < 4.78 is 5.03. The molecule has 0 aliphatic rings. The van der Waals surface area contributed by atoms with Crippen LogP contribution in [0, 0.1) is 0 Å². The molecule has 0 aliphatic heterocycles. The predicted octanol–water partition coefficient (Wildman–Crippen LogP) is 8.79. The molecule has 0 radical (unpaired) electrons. The van der Waals surface area contributed by atoms with E-state index < -0.39 is 0 Å². The van der Waals surface area contributed by atoms with Gasteiger partial charge in [0.25, 0.3) is 5.82 Å². The molecule has 0 bridgehead atoms. The van der Waals surface area contributed by atoms with Crippen LogP contribution in [0.3, 0.4) is 0 Å². The van der Waals surface area contributed by atoms with Crippen LogP contribution in [-0.2, 0) is 19.5 Å². The first-order valence-electron chi connectivity index (χ1n) is 13.9. The molecule has 176 valence electrons. The minimum absolute atomic E-state index is 1.11. The standard InChI is InChI=1S/C28H55N2/c1-4-7-9-11-13-15-16-17-19-21-23-25-30-27-26-29(6-3)28(30)24-22-20-18-14-12-10-8-5-2/h26-27H,4-25H2,1-3H3/q+1. The molecule has 0 atom stereocenters. The van der Waals surface area contributed by atoms with Gasteiger partial charge in [0.1, 0.15) is 12.4 Å². The lowest BCUT2D eigenvalue weighted by atomic mass is 10.1. The van der Waals surface area contributed by atoms with Crippen molar-refractivity contribution in [2.24, 2.45) is 0 Å². The lowest BCUT2D eigenvalue weighted by molar-refractivity contribution is -0.704. The zero-order valence-electron chi connectivity index (χ0n) is 21.1. The molecule has 1 rings (SSSR count). The first kappa shape index (κ1) is 27.2. The number of unbranched alkanes of at least 4 members (excludes halogenated alkanes) is 17. The van der Waals surface area contributed by atoms with Crippen LogP contribution >= 0.6 is 0 Å². The van der Waals surface area contributed by atoms with Gasteiger partial charge < -0.3 is 0 Å². The Labute approximate surface area is 189 Å². The fraction of sp³-hybridized carbons (Fsp3) is 0.893. The highest BCUT2D eigenvalue weighted by atomic mass is 15.1. The summed E-state index contributed by atoms with van der Waals surface area (Å²) >= 11 is 0. The van der Waals surface area contributed by atoms with Crippen molar-refractivity contribution in [3.8, 4) is 0 Å². The van der Waals surface area contributed by atoms with Crippen molar-refractivity contribution in [1.29, 1.82) is 0 Å². The van der Waals surface area contributed by atoms with Gasteiger partial charge in [-0.25, -0.2) is 9.13 Å². The third-order valence-corrected chi connectivity index (χ3v) is 6.69. The Hall–Kier alpha value is -0.790. The van der Waals surface area contributed by atoms with Crippen molar-refractivity contribution >= 4 is 0 Å².